The quantitative estimate of drug-likeness (QED) is 0.111. The lowest BCUT2D eigenvalue weighted by Gasteiger charge is -2.31. The Morgan fingerprint density at radius 2 is 0.633 bits per heavy atom. The molecule has 0 unspecified atom stereocenters. The number of hydrogen-bond acceptors (Lipinski definition) is 5. The van der Waals surface area contributed by atoms with Crippen molar-refractivity contribution in [3.8, 4) is 79.8 Å². The highest BCUT2D eigenvalue weighted by atomic mass is 32.1. The van der Waals surface area contributed by atoms with Crippen molar-refractivity contribution < 1.29 is 4.42 Å². The molecule has 0 saturated carbocycles. The highest BCUT2D eigenvalue weighted by molar-refractivity contribution is 7.26. The molecular weight excluding hydrogens is 1500 g/mol. The van der Waals surface area contributed by atoms with Crippen molar-refractivity contribution in [2.45, 2.75) is 0 Å². The normalized spacial score (nSPS) is 11.8. The molecule has 1 aliphatic rings. The van der Waals surface area contributed by atoms with Crippen molar-refractivity contribution >= 4 is 165 Å². The predicted molar refractivity (Wildman–Crippen MR) is 494 cm³/mol. The number of aromatic nitrogens is 3. The molecule has 12 heteroatoms. The second-order valence-electron chi connectivity index (χ2n) is 29.7. The lowest BCUT2D eigenvalue weighted by Crippen LogP contribution is -2.72. The minimum Gasteiger partial charge on any atom is -0.456 e. The van der Waals surface area contributed by atoms with Crippen molar-refractivity contribution in [2.75, 3.05) is 0 Å². The zero-order valence-electron chi connectivity index (χ0n) is 64.1. The van der Waals surface area contributed by atoms with Crippen LogP contribution in [0.5, 0.6) is 0 Å². The molecule has 6 heterocycles. The standard InChI is InChI=1S/C44H27N3Si.C32H17N3O.C32H17N3S/c1-46-38-22-12-14-30(29-45)43(38)36-21-13-24-40-44(36)35-20-8-10-23-39(35)47(40)31-26-27-42-37(28-31)34-19-9-11-25-41(34)48(42,32-15-4-2-5-16-32)33-17-6-3-7-18-33;2*1-34-26-12-6-8-20(19-33)31(26)25-11-7-14-28-32(25)24-10-2-4-13-27(24)35(28)21-16-17-23-22-9-3-5-15-29(22)36-30(23)18-21/h2-28H;2*2-18H. The predicted octanol–water partition coefficient (Wildman–Crippen LogP) is 26.2. The molecule has 120 heavy (non-hydrogen) atoms. The van der Waals surface area contributed by atoms with Gasteiger partial charge in [-0.25, -0.2) is 14.5 Å². The van der Waals surface area contributed by atoms with Gasteiger partial charge in [0.2, 0.25) is 0 Å². The van der Waals surface area contributed by atoms with Crippen LogP contribution in [0.3, 0.4) is 0 Å². The number of fused-ring (bicyclic) bond motifs is 18. The van der Waals surface area contributed by atoms with E-state index in [2.05, 4.69) is 289 Å². The van der Waals surface area contributed by atoms with Crippen LogP contribution in [0.25, 0.3) is 184 Å². The molecule has 0 bridgehead atoms. The molecule has 22 aromatic rings. The Balaban J connectivity index is 0.000000113. The van der Waals surface area contributed by atoms with Gasteiger partial charge in [0, 0.05) is 120 Å². The Morgan fingerprint density at radius 1 is 0.275 bits per heavy atom. The van der Waals surface area contributed by atoms with Gasteiger partial charge in [0.1, 0.15) is 11.2 Å². The molecule has 1 aliphatic heterocycles. The number of thiophene rings is 1. The summed E-state index contributed by atoms with van der Waals surface area (Å²) >= 11 is 1.81. The molecule has 17 aromatic carbocycles. The van der Waals surface area contributed by atoms with E-state index in [0.29, 0.717) is 50.4 Å². The first-order valence-electron chi connectivity index (χ1n) is 39.3. The number of nitrogens with zero attached hydrogens (tertiary/aromatic N) is 9. The minimum atomic E-state index is -2.58. The summed E-state index contributed by atoms with van der Waals surface area (Å²) in [6, 6.07) is 134. The van der Waals surface area contributed by atoms with Crippen molar-refractivity contribution in [2.24, 2.45) is 0 Å². The van der Waals surface area contributed by atoms with E-state index < -0.39 is 8.07 Å². The second-order valence-corrected chi connectivity index (χ2v) is 34.6. The van der Waals surface area contributed by atoms with Crippen LogP contribution >= 0.6 is 11.3 Å². The molecule has 0 amide bonds. The Kier molecular flexibility index (Phi) is 17.2. The van der Waals surface area contributed by atoms with E-state index in [9.17, 15) is 15.8 Å². The zero-order valence-corrected chi connectivity index (χ0v) is 65.9. The molecule has 554 valence electrons. The van der Waals surface area contributed by atoms with Crippen LogP contribution in [-0.4, -0.2) is 21.8 Å². The lowest BCUT2D eigenvalue weighted by molar-refractivity contribution is 0.668. The molecule has 0 spiro atoms. The zero-order chi connectivity index (χ0) is 80.7. The third-order valence-corrected chi connectivity index (χ3v) is 29.7. The Hall–Kier alpha value is -16.7. The summed E-state index contributed by atoms with van der Waals surface area (Å²) in [6.45, 7) is 23.4. The van der Waals surface area contributed by atoms with E-state index in [0.717, 1.165) is 121 Å². The molecule has 0 saturated heterocycles. The fourth-order valence-electron chi connectivity index (χ4n) is 18.8. The molecule has 0 N–H and O–H groups in total. The summed E-state index contributed by atoms with van der Waals surface area (Å²) in [7, 11) is -2.58. The molecule has 23 rings (SSSR count). The van der Waals surface area contributed by atoms with Gasteiger partial charge < -0.3 is 18.1 Å². The number of para-hydroxylation sites is 4. The minimum absolute atomic E-state index is 0.474. The molecule has 0 atom stereocenters. The fourth-order valence-corrected chi connectivity index (χ4v) is 25.1. The maximum absolute atomic E-state index is 10.1. The van der Waals surface area contributed by atoms with Gasteiger partial charge in [0.05, 0.1) is 71.0 Å². The maximum Gasteiger partial charge on any atom is 0.196 e. The van der Waals surface area contributed by atoms with Gasteiger partial charge in [0.25, 0.3) is 0 Å². The van der Waals surface area contributed by atoms with Gasteiger partial charge in [-0.3, -0.25) is 0 Å². The molecule has 0 fully saturated rings. The first-order chi connectivity index (χ1) is 59.3. The average Bonchev–Trinajstić information content (AvgIpc) is 1.53. The first-order valence-corrected chi connectivity index (χ1v) is 42.1. The Morgan fingerprint density at radius 3 is 1.12 bits per heavy atom. The van der Waals surface area contributed by atoms with Crippen molar-refractivity contribution in [1.29, 1.82) is 15.8 Å². The van der Waals surface area contributed by atoms with Crippen molar-refractivity contribution in [3.05, 3.63) is 421 Å². The van der Waals surface area contributed by atoms with Crippen LogP contribution in [0.15, 0.2) is 374 Å². The fraction of sp³-hybridized carbons (Fsp3) is 0. The molecule has 0 aliphatic carbocycles. The third-order valence-electron chi connectivity index (χ3n) is 23.7. The number of rotatable bonds is 8. The summed E-state index contributed by atoms with van der Waals surface area (Å²) in [5, 5.41) is 46.5. The van der Waals surface area contributed by atoms with E-state index in [-0.39, 0.29) is 0 Å². The molecular formula is C108H61N9OSSi. The molecule has 0 radical (unpaired) electrons. The van der Waals surface area contributed by atoms with E-state index in [1.807, 2.05) is 84.1 Å². The molecule has 10 nitrogen and oxygen atoms in total. The maximum atomic E-state index is 10.1. The largest absolute Gasteiger partial charge is 0.456 e. The first kappa shape index (κ1) is 71.1. The van der Waals surface area contributed by atoms with E-state index in [4.69, 9.17) is 24.1 Å². The Bertz CT molecular complexity index is 7910. The van der Waals surface area contributed by atoms with Crippen LogP contribution in [-0.2, 0) is 0 Å². The van der Waals surface area contributed by atoms with Gasteiger partial charge in [-0.2, -0.15) is 15.8 Å². The Labute approximate surface area is 694 Å². The van der Waals surface area contributed by atoms with Gasteiger partial charge in [-0.15, -0.1) is 11.3 Å². The van der Waals surface area contributed by atoms with Gasteiger partial charge >= 0.3 is 0 Å². The highest BCUT2D eigenvalue weighted by Gasteiger charge is 2.48. The van der Waals surface area contributed by atoms with Crippen LogP contribution in [0.4, 0.5) is 17.1 Å². The smallest absolute Gasteiger partial charge is 0.196 e. The number of nitriles is 3. The topological polar surface area (TPSA) is 112 Å². The second kappa shape index (κ2) is 29.0. The number of hydrogen-bond donors (Lipinski definition) is 0. The van der Waals surface area contributed by atoms with E-state index >= 15 is 0 Å². The van der Waals surface area contributed by atoms with E-state index in [1.54, 1.807) is 54.6 Å². The molecule has 5 aromatic heterocycles. The van der Waals surface area contributed by atoms with Crippen molar-refractivity contribution in [1.82, 2.24) is 13.7 Å². The number of benzene rings is 17. The summed E-state index contributed by atoms with van der Waals surface area (Å²) in [6.07, 6.45) is 0. The summed E-state index contributed by atoms with van der Waals surface area (Å²) < 4.78 is 15.6. The van der Waals surface area contributed by atoms with Crippen LogP contribution < -0.4 is 20.7 Å². The van der Waals surface area contributed by atoms with Gasteiger partial charge in [-0.1, -0.05) is 261 Å². The van der Waals surface area contributed by atoms with Crippen LogP contribution in [0.2, 0.25) is 0 Å². The van der Waals surface area contributed by atoms with Crippen LogP contribution in [0, 0.1) is 53.7 Å². The lowest BCUT2D eigenvalue weighted by atomic mass is 9.94. The van der Waals surface area contributed by atoms with Crippen molar-refractivity contribution in [3.63, 3.8) is 0 Å². The highest BCUT2D eigenvalue weighted by Crippen LogP contribution is 2.49. The summed E-state index contributed by atoms with van der Waals surface area (Å²) in [5.41, 5.74) is 21.5. The average molecular weight is 1560 g/mol. The summed E-state index contributed by atoms with van der Waals surface area (Å²) in [4.78, 5) is 11.3. The van der Waals surface area contributed by atoms with Crippen LogP contribution in [0.1, 0.15) is 16.7 Å². The number of furan rings is 1. The van der Waals surface area contributed by atoms with Gasteiger partial charge in [-0.05, 0) is 152 Å². The summed E-state index contributed by atoms with van der Waals surface area (Å²) in [5.74, 6) is 0. The monoisotopic (exact) mass is 1560 g/mol. The van der Waals surface area contributed by atoms with Gasteiger partial charge in [0.15, 0.2) is 25.1 Å². The third kappa shape index (κ3) is 11.0. The van der Waals surface area contributed by atoms with E-state index in [1.165, 1.54) is 52.0 Å². The SMILES string of the molecule is [C-]#[N+]c1cccc(C#N)c1-c1cccc2c1c1ccccc1n2-c1ccc2c(c1)-c1ccccc1[Si]2(c1ccccc1)c1ccccc1.[C-]#[N+]c1cccc(C#N)c1-c1cccc2c1c1ccccc1n2-c1ccc2c(c1)oc1ccccc12.[C-]#[N+]c1cccc(C#N)c1-c1cccc2c1c1ccccc1n2-c1ccc2c(c1)sc1ccccc12.